The predicted octanol–water partition coefficient (Wildman–Crippen LogP) is 5.05. The van der Waals surface area contributed by atoms with Crippen LogP contribution in [0.15, 0.2) is 24.3 Å². The van der Waals surface area contributed by atoms with Crippen LogP contribution in [-0.4, -0.2) is 33.8 Å². The number of hydrogen-bond acceptors (Lipinski definition) is 3. The van der Waals surface area contributed by atoms with Crippen LogP contribution in [0.2, 0.25) is 0 Å². The molecule has 0 saturated heterocycles. The highest BCUT2D eigenvalue weighted by Crippen LogP contribution is 2.26. The Hall–Kier alpha value is -2.17. The van der Waals surface area contributed by atoms with Crippen LogP contribution in [-0.2, 0) is 4.79 Å². The number of hydrogen-bond donors (Lipinski definition) is 1. The molecule has 0 spiro atoms. The van der Waals surface area contributed by atoms with Gasteiger partial charge in [0.1, 0.15) is 6.04 Å². The summed E-state index contributed by atoms with van der Waals surface area (Å²) in [6.45, 7) is 2.21. The number of nitrogens with zero attached hydrogens (tertiary/aromatic N) is 1. The van der Waals surface area contributed by atoms with Gasteiger partial charge in [-0.15, -0.1) is 0 Å². The monoisotopic (exact) mass is 373 g/mol. The minimum Gasteiger partial charge on any atom is -0.480 e. The van der Waals surface area contributed by atoms with Crippen LogP contribution in [0.5, 0.6) is 0 Å². The molecule has 1 aliphatic heterocycles. The SMILES string of the molecule is CCCCCCCCCCCCC(C(=O)O)N1C(=O)c2ccccc2C1=O. The molecule has 0 aromatic heterocycles. The molecule has 2 amide bonds. The molecule has 0 fully saturated rings. The van der Waals surface area contributed by atoms with Gasteiger partial charge >= 0.3 is 5.97 Å². The Morgan fingerprint density at radius 1 is 0.852 bits per heavy atom. The van der Waals surface area contributed by atoms with Gasteiger partial charge in [0.2, 0.25) is 0 Å². The molecule has 1 unspecified atom stereocenters. The highest BCUT2D eigenvalue weighted by Gasteiger charge is 2.42. The molecule has 0 saturated carbocycles. The second kappa shape index (κ2) is 10.9. The average molecular weight is 373 g/mol. The molecular formula is C22H31NO4. The lowest BCUT2D eigenvalue weighted by molar-refractivity contribution is -0.141. The van der Waals surface area contributed by atoms with E-state index in [0.717, 1.165) is 24.2 Å². The van der Waals surface area contributed by atoms with E-state index in [9.17, 15) is 19.5 Å². The number of fused-ring (bicyclic) bond motifs is 1. The maximum atomic E-state index is 12.5. The summed E-state index contributed by atoms with van der Waals surface area (Å²) in [5.74, 6) is -2.09. The topological polar surface area (TPSA) is 74.7 Å². The molecule has 2 rings (SSSR count). The van der Waals surface area contributed by atoms with Crippen LogP contribution in [0.1, 0.15) is 98.3 Å². The van der Waals surface area contributed by atoms with E-state index in [1.165, 1.54) is 38.5 Å². The molecule has 0 radical (unpaired) electrons. The molecule has 1 atom stereocenters. The van der Waals surface area contributed by atoms with Crippen molar-refractivity contribution >= 4 is 17.8 Å². The Morgan fingerprint density at radius 3 is 1.74 bits per heavy atom. The van der Waals surface area contributed by atoms with Gasteiger partial charge in [-0.3, -0.25) is 14.5 Å². The highest BCUT2D eigenvalue weighted by atomic mass is 16.4. The van der Waals surface area contributed by atoms with E-state index in [1.807, 2.05) is 0 Å². The van der Waals surface area contributed by atoms with Crippen molar-refractivity contribution in [2.75, 3.05) is 0 Å². The number of imide groups is 1. The van der Waals surface area contributed by atoms with Crippen LogP contribution < -0.4 is 0 Å². The molecule has 1 aromatic rings. The number of carboxylic acids is 1. The Balaban J connectivity index is 1.75. The zero-order valence-electron chi connectivity index (χ0n) is 16.3. The van der Waals surface area contributed by atoms with E-state index in [0.29, 0.717) is 24.0 Å². The fraction of sp³-hybridized carbons (Fsp3) is 0.591. The third-order valence-electron chi connectivity index (χ3n) is 5.25. The van der Waals surface area contributed by atoms with Crippen LogP contribution >= 0.6 is 0 Å². The van der Waals surface area contributed by atoms with Gasteiger partial charge in [0, 0.05) is 0 Å². The van der Waals surface area contributed by atoms with Gasteiger partial charge in [0.25, 0.3) is 11.8 Å². The molecule has 5 nitrogen and oxygen atoms in total. The summed E-state index contributed by atoms with van der Waals surface area (Å²) in [4.78, 5) is 37.6. The van der Waals surface area contributed by atoms with Crippen molar-refractivity contribution in [1.29, 1.82) is 0 Å². The number of benzene rings is 1. The summed E-state index contributed by atoms with van der Waals surface area (Å²) in [5.41, 5.74) is 0.605. The summed E-state index contributed by atoms with van der Waals surface area (Å²) in [6, 6.07) is 5.45. The molecule has 27 heavy (non-hydrogen) atoms. The van der Waals surface area contributed by atoms with Crippen molar-refractivity contribution < 1.29 is 19.5 Å². The van der Waals surface area contributed by atoms with Crippen LogP contribution in [0.3, 0.4) is 0 Å². The van der Waals surface area contributed by atoms with Crippen molar-refractivity contribution in [2.24, 2.45) is 0 Å². The maximum absolute atomic E-state index is 12.5. The van der Waals surface area contributed by atoms with Gasteiger partial charge in [-0.1, -0.05) is 83.3 Å². The first-order valence-electron chi connectivity index (χ1n) is 10.3. The van der Waals surface area contributed by atoms with E-state index in [1.54, 1.807) is 24.3 Å². The molecule has 1 N–H and O–H groups in total. The first-order valence-corrected chi connectivity index (χ1v) is 10.3. The van der Waals surface area contributed by atoms with Gasteiger partial charge in [0.05, 0.1) is 11.1 Å². The van der Waals surface area contributed by atoms with Crippen LogP contribution in [0, 0.1) is 0 Å². The summed E-state index contributed by atoms with van der Waals surface area (Å²) in [6.07, 6.45) is 11.9. The first kappa shape index (κ1) is 21.1. The molecule has 0 bridgehead atoms. The number of rotatable bonds is 13. The third-order valence-corrected chi connectivity index (χ3v) is 5.25. The van der Waals surface area contributed by atoms with E-state index < -0.39 is 23.8 Å². The molecule has 148 valence electrons. The predicted molar refractivity (Wildman–Crippen MR) is 105 cm³/mol. The van der Waals surface area contributed by atoms with E-state index >= 15 is 0 Å². The molecule has 5 heteroatoms. The van der Waals surface area contributed by atoms with Crippen LogP contribution in [0.4, 0.5) is 0 Å². The normalized spacial score (nSPS) is 14.5. The lowest BCUT2D eigenvalue weighted by Crippen LogP contribution is -2.44. The Kier molecular flexibility index (Phi) is 8.49. The number of carbonyl (C=O) groups excluding carboxylic acids is 2. The van der Waals surface area contributed by atoms with Gasteiger partial charge in [0.15, 0.2) is 0 Å². The van der Waals surface area contributed by atoms with Crippen molar-refractivity contribution in [3.8, 4) is 0 Å². The lowest BCUT2D eigenvalue weighted by Gasteiger charge is -2.22. The second-order valence-corrected chi connectivity index (χ2v) is 7.35. The first-order chi connectivity index (χ1) is 13.1. The molecule has 1 aliphatic rings. The summed E-state index contributed by atoms with van der Waals surface area (Å²) in [7, 11) is 0. The number of unbranched alkanes of at least 4 members (excludes halogenated alkanes) is 9. The third kappa shape index (κ3) is 5.65. The number of amides is 2. The van der Waals surface area contributed by atoms with Crippen molar-refractivity contribution in [1.82, 2.24) is 4.90 Å². The zero-order valence-corrected chi connectivity index (χ0v) is 16.3. The van der Waals surface area contributed by atoms with Gasteiger partial charge < -0.3 is 5.11 Å². The van der Waals surface area contributed by atoms with Crippen molar-refractivity contribution in [2.45, 2.75) is 83.6 Å². The number of aliphatic carboxylic acids is 1. The second-order valence-electron chi connectivity index (χ2n) is 7.35. The molecule has 0 aliphatic carbocycles. The lowest BCUT2D eigenvalue weighted by atomic mass is 10.0. The van der Waals surface area contributed by atoms with E-state index in [-0.39, 0.29) is 0 Å². The molecule has 1 heterocycles. The van der Waals surface area contributed by atoms with Gasteiger partial charge in [-0.05, 0) is 18.6 Å². The standard InChI is InChI=1S/C22H31NO4/c1-2-3-4-5-6-7-8-9-10-11-16-19(22(26)27)23-20(24)17-14-12-13-15-18(17)21(23)25/h12-15,19H,2-11,16H2,1H3,(H,26,27). The van der Waals surface area contributed by atoms with E-state index in [2.05, 4.69) is 6.92 Å². The summed E-state index contributed by atoms with van der Waals surface area (Å²) >= 11 is 0. The highest BCUT2D eigenvalue weighted by molar-refractivity contribution is 6.22. The summed E-state index contributed by atoms with van der Waals surface area (Å²) < 4.78 is 0. The van der Waals surface area contributed by atoms with Crippen molar-refractivity contribution in [3.63, 3.8) is 0 Å². The van der Waals surface area contributed by atoms with Crippen LogP contribution in [0.25, 0.3) is 0 Å². The number of carbonyl (C=O) groups is 3. The van der Waals surface area contributed by atoms with Gasteiger partial charge in [-0.25, -0.2) is 4.79 Å². The fourth-order valence-electron chi connectivity index (χ4n) is 3.68. The van der Waals surface area contributed by atoms with E-state index in [4.69, 9.17) is 0 Å². The molecule has 1 aromatic carbocycles. The average Bonchev–Trinajstić information content (AvgIpc) is 2.91. The summed E-state index contributed by atoms with van der Waals surface area (Å²) in [5, 5.41) is 9.55. The largest absolute Gasteiger partial charge is 0.480 e. The zero-order chi connectivity index (χ0) is 19.6. The number of carboxylic acid groups (broad SMARTS) is 1. The maximum Gasteiger partial charge on any atom is 0.326 e. The fourth-order valence-corrected chi connectivity index (χ4v) is 3.68. The quantitative estimate of drug-likeness (QED) is 0.388. The Morgan fingerprint density at radius 2 is 1.30 bits per heavy atom. The van der Waals surface area contributed by atoms with Gasteiger partial charge in [-0.2, -0.15) is 0 Å². The van der Waals surface area contributed by atoms with Crippen molar-refractivity contribution in [3.05, 3.63) is 35.4 Å². The smallest absolute Gasteiger partial charge is 0.326 e. The minimum absolute atomic E-state index is 0.303. The minimum atomic E-state index is -1.11. The Bertz CT molecular complexity index is 620. The Labute approximate surface area is 161 Å². The molecular weight excluding hydrogens is 342 g/mol.